The molecule has 1 aromatic carbocycles. The fraction of sp³-hybridized carbons (Fsp3) is 0.300. The lowest BCUT2D eigenvalue weighted by atomic mass is 10.1. The number of aryl methyl sites for hydroxylation is 1. The van der Waals surface area contributed by atoms with E-state index in [1.54, 1.807) is 6.26 Å². The predicted octanol–water partition coefficient (Wildman–Crippen LogP) is 3.72. The Morgan fingerprint density at radius 1 is 1.38 bits per heavy atom. The largest absolute Gasteiger partial charge is 0.416 e. The van der Waals surface area contributed by atoms with E-state index in [4.69, 9.17) is 5.41 Å². The van der Waals surface area contributed by atoms with Gasteiger partial charge in [-0.05, 0) is 30.9 Å². The van der Waals surface area contributed by atoms with E-state index in [1.165, 1.54) is 19.1 Å². The number of anilines is 1. The summed E-state index contributed by atoms with van der Waals surface area (Å²) >= 11 is 1.13. The van der Waals surface area contributed by atoms with Crippen LogP contribution in [-0.4, -0.2) is 11.4 Å². The predicted molar refractivity (Wildman–Crippen MR) is 61.0 cm³/mol. The number of rotatable bonds is 1. The van der Waals surface area contributed by atoms with E-state index in [-0.39, 0.29) is 16.4 Å². The third-order valence-electron chi connectivity index (χ3n) is 2.00. The van der Waals surface area contributed by atoms with Crippen molar-refractivity contribution in [2.24, 2.45) is 0 Å². The zero-order valence-electron chi connectivity index (χ0n) is 8.77. The summed E-state index contributed by atoms with van der Waals surface area (Å²) in [5.74, 6) is 0. The van der Waals surface area contributed by atoms with Crippen LogP contribution in [0.2, 0.25) is 0 Å². The van der Waals surface area contributed by atoms with E-state index < -0.39 is 11.7 Å². The lowest BCUT2D eigenvalue weighted by molar-refractivity contribution is -0.138. The molecule has 0 unspecified atom stereocenters. The van der Waals surface area contributed by atoms with Crippen molar-refractivity contribution in [3.63, 3.8) is 0 Å². The second-order valence-electron chi connectivity index (χ2n) is 3.19. The van der Waals surface area contributed by atoms with Crippen LogP contribution in [0, 0.1) is 12.3 Å². The number of alkyl halides is 3. The fourth-order valence-corrected chi connectivity index (χ4v) is 1.41. The molecule has 0 fully saturated rings. The minimum atomic E-state index is -4.36. The van der Waals surface area contributed by atoms with E-state index in [1.807, 2.05) is 0 Å². The molecule has 2 N–H and O–H groups in total. The van der Waals surface area contributed by atoms with Gasteiger partial charge in [0.05, 0.1) is 5.56 Å². The van der Waals surface area contributed by atoms with Crippen molar-refractivity contribution in [3.8, 4) is 0 Å². The molecule has 1 aromatic rings. The Hall–Kier alpha value is -1.17. The molecule has 0 aromatic heterocycles. The molecule has 0 atom stereocenters. The van der Waals surface area contributed by atoms with Crippen molar-refractivity contribution in [2.45, 2.75) is 13.1 Å². The average Bonchev–Trinajstić information content (AvgIpc) is 2.19. The van der Waals surface area contributed by atoms with Crippen LogP contribution in [0.4, 0.5) is 18.9 Å². The van der Waals surface area contributed by atoms with Crippen molar-refractivity contribution in [1.29, 1.82) is 5.41 Å². The quantitative estimate of drug-likeness (QED) is 0.587. The topological polar surface area (TPSA) is 35.9 Å². The van der Waals surface area contributed by atoms with Gasteiger partial charge in [0.15, 0.2) is 5.17 Å². The minimum absolute atomic E-state index is 0.108. The van der Waals surface area contributed by atoms with Gasteiger partial charge < -0.3 is 5.32 Å². The van der Waals surface area contributed by atoms with E-state index in [0.29, 0.717) is 0 Å². The minimum Gasteiger partial charge on any atom is -0.335 e. The fourth-order valence-electron chi connectivity index (χ4n) is 1.19. The van der Waals surface area contributed by atoms with Crippen LogP contribution >= 0.6 is 11.8 Å². The summed E-state index contributed by atoms with van der Waals surface area (Å²) in [6.07, 6.45) is -2.68. The molecule has 0 aliphatic rings. The molecule has 0 saturated carbocycles. The Morgan fingerprint density at radius 2 is 2.00 bits per heavy atom. The summed E-state index contributed by atoms with van der Waals surface area (Å²) in [5.41, 5.74) is -0.225. The number of thioether (sulfide) groups is 1. The molecule has 0 aliphatic carbocycles. The number of benzene rings is 1. The lowest BCUT2D eigenvalue weighted by Crippen LogP contribution is -2.10. The molecule has 0 aliphatic heterocycles. The number of halogens is 3. The van der Waals surface area contributed by atoms with Crippen LogP contribution in [0.1, 0.15) is 11.1 Å². The molecular weight excluding hydrogens is 237 g/mol. The zero-order valence-corrected chi connectivity index (χ0v) is 9.59. The summed E-state index contributed by atoms with van der Waals surface area (Å²) < 4.78 is 37.7. The molecule has 0 heterocycles. The van der Waals surface area contributed by atoms with Crippen molar-refractivity contribution in [3.05, 3.63) is 29.3 Å². The number of amidine groups is 1. The maximum atomic E-state index is 12.6. The Kier molecular flexibility index (Phi) is 3.85. The molecule has 0 saturated heterocycles. The Bertz CT molecular complexity index is 402. The molecule has 1 rings (SSSR count). The van der Waals surface area contributed by atoms with Gasteiger partial charge in [-0.15, -0.1) is 0 Å². The lowest BCUT2D eigenvalue weighted by Gasteiger charge is -2.12. The highest BCUT2D eigenvalue weighted by Crippen LogP contribution is 2.33. The Morgan fingerprint density at radius 3 is 2.50 bits per heavy atom. The number of hydrogen-bond donors (Lipinski definition) is 2. The molecule has 16 heavy (non-hydrogen) atoms. The van der Waals surface area contributed by atoms with Gasteiger partial charge in [-0.1, -0.05) is 17.8 Å². The zero-order chi connectivity index (χ0) is 12.3. The van der Waals surface area contributed by atoms with Gasteiger partial charge >= 0.3 is 6.18 Å². The normalized spacial score (nSPS) is 11.3. The summed E-state index contributed by atoms with van der Waals surface area (Å²) in [7, 11) is 0. The van der Waals surface area contributed by atoms with E-state index >= 15 is 0 Å². The maximum absolute atomic E-state index is 12.6. The van der Waals surface area contributed by atoms with E-state index in [9.17, 15) is 13.2 Å². The van der Waals surface area contributed by atoms with E-state index in [0.717, 1.165) is 17.8 Å². The highest BCUT2D eigenvalue weighted by molar-refractivity contribution is 8.13. The van der Waals surface area contributed by atoms with Gasteiger partial charge in [0.1, 0.15) is 0 Å². The molecule has 0 radical (unpaired) electrons. The van der Waals surface area contributed by atoms with Gasteiger partial charge in [-0.25, -0.2) is 0 Å². The molecular formula is C10H11F3N2S. The van der Waals surface area contributed by atoms with Gasteiger partial charge in [-0.2, -0.15) is 13.2 Å². The molecule has 0 amide bonds. The molecule has 88 valence electrons. The molecule has 6 heteroatoms. The smallest absolute Gasteiger partial charge is 0.335 e. The van der Waals surface area contributed by atoms with Gasteiger partial charge in [0, 0.05) is 5.69 Å². The maximum Gasteiger partial charge on any atom is 0.416 e. The molecule has 0 bridgehead atoms. The summed E-state index contributed by atoms with van der Waals surface area (Å²) in [6, 6.07) is 3.92. The van der Waals surface area contributed by atoms with Crippen LogP contribution in [0.5, 0.6) is 0 Å². The summed E-state index contributed by atoms with van der Waals surface area (Å²) in [4.78, 5) is 0. The standard InChI is InChI=1S/C10H11F3N2S/c1-6-3-4-7(15-9(14)16-2)5-8(6)10(11,12)13/h3-5H,1-2H3,(H2,14,15). The highest BCUT2D eigenvalue weighted by Gasteiger charge is 2.32. The van der Waals surface area contributed by atoms with Crippen molar-refractivity contribution in [2.75, 3.05) is 11.6 Å². The summed E-state index contributed by atoms with van der Waals surface area (Å²) in [6.45, 7) is 1.41. The van der Waals surface area contributed by atoms with Crippen LogP contribution in [0.15, 0.2) is 18.2 Å². The van der Waals surface area contributed by atoms with Crippen LogP contribution in [0.3, 0.4) is 0 Å². The first-order chi connectivity index (χ1) is 7.34. The second-order valence-corrected chi connectivity index (χ2v) is 4.00. The van der Waals surface area contributed by atoms with Crippen molar-refractivity contribution in [1.82, 2.24) is 0 Å². The number of hydrogen-bond acceptors (Lipinski definition) is 2. The number of nitrogens with one attached hydrogen (secondary N) is 2. The first-order valence-corrected chi connectivity index (χ1v) is 5.64. The third kappa shape index (κ3) is 3.16. The Labute approximate surface area is 95.7 Å². The first-order valence-electron chi connectivity index (χ1n) is 4.42. The van der Waals surface area contributed by atoms with E-state index in [2.05, 4.69) is 5.32 Å². The van der Waals surface area contributed by atoms with Gasteiger partial charge in [0.25, 0.3) is 0 Å². The monoisotopic (exact) mass is 248 g/mol. The second kappa shape index (κ2) is 4.78. The van der Waals surface area contributed by atoms with Crippen molar-refractivity contribution >= 4 is 22.6 Å². The average molecular weight is 248 g/mol. The van der Waals surface area contributed by atoms with Gasteiger partial charge in [-0.3, -0.25) is 5.41 Å². The van der Waals surface area contributed by atoms with Crippen LogP contribution < -0.4 is 5.32 Å². The van der Waals surface area contributed by atoms with Crippen LogP contribution in [-0.2, 0) is 6.18 Å². The third-order valence-corrected chi connectivity index (χ3v) is 2.52. The summed E-state index contributed by atoms with van der Waals surface area (Å²) in [5, 5.41) is 10.0. The molecule has 2 nitrogen and oxygen atoms in total. The van der Waals surface area contributed by atoms with Gasteiger partial charge in [0.2, 0.25) is 0 Å². The Balaban J connectivity index is 3.03. The highest BCUT2D eigenvalue weighted by atomic mass is 32.2. The SMILES string of the molecule is CSC(=N)Nc1ccc(C)c(C(F)(F)F)c1. The van der Waals surface area contributed by atoms with Crippen molar-refractivity contribution < 1.29 is 13.2 Å². The van der Waals surface area contributed by atoms with Crippen LogP contribution in [0.25, 0.3) is 0 Å². The molecule has 0 spiro atoms. The first kappa shape index (κ1) is 12.9.